The van der Waals surface area contributed by atoms with E-state index in [9.17, 15) is 0 Å². The molecule has 1 aromatic carbocycles. The molecule has 0 bridgehead atoms. The summed E-state index contributed by atoms with van der Waals surface area (Å²) in [6.07, 6.45) is 1.22. The van der Waals surface area contributed by atoms with Crippen LogP contribution in [0, 0.1) is 0 Å². The van der Waals surface area contributed by atoms with Gasteiger partial charge in [-0.3, -0.25) is 0 Å². The standard InChI is InChI=1S/C14H14ClNS/c15-12-6-13(17-9-12)8-16-7-11-5-10-3-1-2-4-14(10)11/h1-4,6,9,11,16H,5,7-8H2. The van der Waals surface area contributed by atoms with Gasteiger partial charge in [-0.15, -0.1) is 11.3 Å². The highest BCUT2D eigenvalue weighted by Crippen LogP contribution is 2.34. The number of rotatable bonds is 4. The Morgan fingerprint density at radius 2 is 2.24 bits per heavy atom. The van der Waals surface area contributed by atoms with Crippen LogP contribution in [-0.2, 0) is 13.0 Å². The zero-order valence-electron chi connectivity index (χ0n) is 9.45. The Hall–Kier alpha value is -0.830. The van der Waals surface area contributed by atoms with Gasteiger partial charge in [0.1, 0.15) is 0 Å². The molecule has 2 aromatic rings. The lowest BCUT2D eigenvalue weighted by Crippen LogP contribution is -2.28. The molecular formula is C14H14ClNS. The van der Waals surface area contributed by atoms with Crippen molar-refractivity contribution >= 4 is 22.9 Å². The summed E-state index contributed by atoms with van der Waals surface area (Å²) in [5.74, 6) is 0.696. The predicted molar refractivity (Wildman–Crippen MR) is 73.9 cm³/mol. The highest BCUT2D eigenvalue weighted by atomic mass is 35.5. The Morgan fingerprint density at radius 3 is 3.00 bits per heavy atom. The molecule has 1 heterocycles. The smallest absolute Gasteiger partial charge is 0.0516 e. The Morgan fingerprint density at radius 1 is 1.35 bits per heavy atom. The number of halogens is 1. The van der Waals surface area contributed by atoms with Gasteiger partial charge in [0.05, 0.1) is 5.02 Å². The van der Waals surface area contributed by atoms with Gasteiger partial charge < -0.3 is 5.32 Å². The first-order valence-electron chi connectivity index (χ1n) is 5.84. The highest BCUT2D eigenvalue weighted by Gasteiger charge is 2.24. The molecule has 1 aromatic heterocycles. The van der Waals surface area contributed by atoms with Gasteiger partial charge in [0.25, 0.3) is 0 Å². The van der Waals surface area contributed by atoms with Crippen LogP contribution in [0.1, 0.15) is 21.9 Å². The molecule has 0 fully saturated rings. The van der Waals surface area contributed by atoms with Crippen LogP contribution in [0.25, 0.3) is 0 Å². The van der Waals surface area contributed by atoms with Crippen molar-refractivity contribution in [1.82, 2.24) is 5.32 Å². The lowest BCUT2D eigenvalue weighted by Gasteiger charge is -2.30. The van der Waals surface area contributed by atoms with Crippen molar-refractivity contribution in [1.29, 1.82) is 0 Å². The average Bonchev–Trinajstić information content (AvgIpc) is 2.71. The topological polar surface area (TPSA) is 12.0 Å². The van der Waals surface area contributed by atoms with Gasteiger partial charge in [-0.2, -0.15) is 0 Å². The van der Waals surface area contributed by atoms with Crippen molar-refractivity contribution in [2.45, 2.75) is 18.9 Å². The van der Waals surface area contributed by atoms with Gasteiger partial charge in [-0.05, 0) is 23.6 Å². The SMILES string of the molecule is Clc1csc(CNCC2Cc3ccccc32)c1. The van der Waals surface area contributed by atoms with Crippen LogP contribution in [0.4, 0.5) is 0 Å². The minimum absolute atomic E-state index is 0.696. The highest BCUT2D eigenvalue weighted by molar-refractivity contribution is 7.10. The van der Waals surface area contributed by atoms with Crippen LogP contribution < -0.4 is 5.32 Å². The van der Waals surface area contributed by atoms with E-state index < -0.39 is 0 Å². The molecule has 0 radical (unpaired) electrons. The second kappa shape index (κ2) is 4.81. The molecule has 1 nitrogen and oxygen atoms in total. The van der Waals surface area contributed by atoms with Crippen molar-refractivity contribution in [3.8, 4) is 0 Å². The van der Waals surface area contributed by atoms with E-state index in [0.717, 1.165) is 18.1 Å². The van der Waals surface area contributed by atoms with E-state index in [0.29, 0.717) is 5.92 Å². The van der Waals surface area contributed by atoms with Crippen molar-refractivity contribution in [3.63, 3.8) is 0 Å². The van der Waals surface area contributed by atoms with Crippen LogP contribution in [-0.4, -0.2) is 6.54 Å². The van der Waals surface area contributed by atoms with E-state index in [2.05, 4.69) is 29.6 Å². The normalized spacial score (nSPS) is 17.6. The molecule has 17 heavy (non-hydrogen) atoms. The van der Waals surface area contributed by atoms with Crippen molar-refractivity contribution in [2.75, 3.05) is 6.54 Å². The molecule has 0 aliphatic heterocycles. The third kappa shape index (κ3) is 2.39. The van der Waals surface area contributed by atoms with Crippen LogP contribution in [0.2, 0.25) is 5.02 Å². The second-order valence-corrected chi connectivity index (χ2v) is 5.89. The third-order valence-electron chi connectivity index (χ3n) is 3.27. The molecule has 1 aliphatic carbocycles. The minimum Gasteiger partial charge on any atom is -0.311 e. The summed E-state index contributed by atoms with van der Waals surface area (Å²) in [6.45, 7) is 1.99. The van der Waals surface area contributed by atoms with E-state index in [1.165, 1.54) is 22.4 Å². The summed E-state index contributed by atoms with van der Waals surface area (Å²) >= 11 is 7.61. The van der Waals surface area contributed by atoms with E-state index in [1.807, 2.05) is 11.4 Å². The fourth-order valence-electron chi connectivity index (χ4n) is 2.36. The Bertz CT molecular complexity index is 520. The molecule has 0 saturated carbocycles. The van der Waals surface area contributed by atoms with E-state index >= 15 is 0 Å². The van der Waals surface area contributed by atoms with E-state index in [1.54, 1.807) is 11.3 Å². The maximum absolute atomic E-state index is 5.89. The van der Waals surface area contributed by atoms with Crippen molar-refractivity contribution in [3.05, 3.63) is 56.7 Å². The van der Waals surface area contributed by atoms with Gasteiger partial charge >= 0.3 is 0 Å². The fourth-order valence-corrected chi connectivity index (χ4v) is 3.40. The first-order chi connectivity index (χ1) is 8.33. The molecule has 3 rings (SSSR count). The molecule has 1 aliphatic rings. The first-order valence-corrected chi connectivity index (χ1v) is 7.10. The van der Waals surface area contributed by atoms with Crippen LogP contribution >= 0.6 is 22.9 Å². The zero-order chi connectivity index (χ0) is 11.7. The van der Waals surface area contributed by atoms with Crippen LogP contribution in [0.15, 0.2) is 35.7 Å². The summed E-state index contributed by atoms with van der Waals surface area (Å²) in [6, 6.07) is 10.8. The predicted octanol–water partition coefficient (Wildman–Crippen LogP) is 3.83. The van der Waals surface area contributed by atoms with Crippen LogP contribution in [0.3, 0.4) is 0 Å². The average molecular weight is 264 g/mol. The summed E-state index contributed by atoms with van der Waals surface area (Å²) in [5.41, 5.74) is 3.03. The first kappa shape index (κ1) is 11.3. The summed E-state index contributed by atoms with van der Waals surface area (Å²) in [5, 5.41) is 6.34. The Kier molecular flexibility index (Phi) is 3.19. The van der Waals surface area contributed by atoms with Gasteiger partial charge in [0.2, 0.25) is 0 Å². The van der Waals surface area contributed by atoms with E-state index in [-0.39, 0.29) is 0 Å². The van der Waals surface area contributed by atoms with Gasteiger partial charge in [0, 0.05) is 29.3 Å². The Labute approximate surface area is 110 Å². The van der Waals surface area contributed by atoms with E-state index in [4.69, 9.17) is 11.6 Å². The molecule has 88 valence electrons. The lowest BCUT2D eigenvalue weighted by molar-refractivity contribution is 0.537. The molecule has 1 N–H and O–H groups in total. The quantitative estimate of drug-likeness (QED) is 0.884. The molecule has 0 saturated heterocycles. The number of thiophene rings is 1. The molecule has 3 heteroatoms. The summed E-state index contributed by atoms with van der Waals surface area (Å²) < 4.78 is 0. The molecule has 1 unspecified atom stereocenters. The lowest BCUT2D eigenvalue weighted by atomic mass is 9.77. The van der Waals surface area contributed by atoms with Gasteiger partial charge in [-0.1, -0.05) is 35.9 Å². The number of nitrogens with one attached hydrogen (secondary N) is 1. The van der Waals surface area contributed by atoms with Gasteiger partial charge in [-0.25, -0.2) is 0 Å². The molecular weight excluding hydrogens is 250 g/mol. The summed E-state index contributed by atoms with van der Waals surface area (Å²) in [7, 11) is 0. The number of fused-ring (bicyclic) bond motifs is 1. The Balaban J connectivity index is 1.51. The van der Waals surface area contributed by atoms with Crippen LogP contribution in [0.5, 0.6) is 0 Å². The molecule has 0 spiro atoms. The fraction of sp³-hybridized carbons (Fsp3) is 0.286. The second-order valence-electron chi connectivity index (χ2n) is 4.46. The monoisotopic (exact) mass is 263 g/mol. The summed E-state index contributed by atoms with van der Waals surface area (Å²) in [4.78, 5) is 1.31. The van der Waals surface area contributed by atoms with Crippen molar-refractivity contribution < 1.29 is 0 Å². The number of benzene rings is 1. The zero-order valence-corrected chi connectivity index (χ0v) is 11.0. The van der Waals surface area contributed by atoms with Crippen molar-refractivity contribution in [2.24, 2.45) is 0 Å². The largest absolute Gasteiger partial charge is 0.311 e. The number of hydrogen-bond acceptors (Lipinski definition) is 2. The maximum Gasteiger partial charge on any atom is 0.0516 e. The minimum atomic E-state index is 0.696. The molecule has 0 amide bonds. The molecule has 1 atom stereocenters. The third-order valence-corrected chi connectivity index (χ3v) is 4.56. The van der Waals surface area contributed by atoms with Gasteiger partial charge in [0.15, 0.2) is 0 Å². The maximum atomic E-state index is 5.89. The number of hydrogen-bond donors (Lipinski definition) is 1.